The van der Waals surface area contributed by atoms with Crippen molar-refractivity contribution in [1.29, 1.82) is 0 Å². The predicted molar refractivity (Wildman–Crippen MR) is 83.9 cm³/mol. The fourth-order valence-corrected chi connectivity index (χ4v) is 3.09. The number of nitrogens with zero attached hydrogens (tertiary/aromatic N) is 1. The summed E-state index contributed by atoms with van der Waals surface area (Å²) in [4.78, 5) is 16.3. The molecule has 5 heteroatoms. The van der Waals surface area contributed by atoms with Crippen LogP contribution >= 0.6 is 0 Å². The minimum Gasteiger partial charge on any atom is -0.349 e. The van der Waals surface area contributed by atoms with E-state index >= 15 is 0 Å². The molecular formula is C18H18F2N2O. The number of pyridine rings is 1. The van der Waals surface area contributed by atoms with E-state index in [0.717, 1.165) is 18.9 Å². The maximum Gasteiger partial charge on any atom is 0.253 e. The fraction of sp³-hybridized carbons (Fsp3) is 0.333. The number of aromatic nitrogens is 1. The van der Waals surface area contributed by atoms with Gasteiger partial charge >= 0.3 is 0 Å². The van der Waals surface area contributed by atoms with E-state index in [1.165, 1.54) is 24.5 Å². The van der Waals surface area contributed by atoms with E-state index in [1.54, 1.807) is 6.07 Å². The fourth-order valence-electron chi connectivity index (χ4n) is 3.09. The lowest BCUT2D eigenvalue weighted by Crippen LogP contribution is -2.48. The Bertz CT molecular complexity index is 730. The summed E-state index contributed by atoms with van der Waals surface area (Å²) in [6, 6.07) is 5.02. The minimum absolute atomic E-state index is 0.174. The highest BCUT2D eigenvalue weighted by atomic mass is 19.1. The van der Waals surface area contributed by atoms with Crippen molar-refractivity contribution >= 4 is 5.91 Å². The largest absolute Gasteiger partial charge is 0.349 e. The monoisotopic (exact) mass is 316 g/mol. The number of benzene rings is 1. The highest BCUT2D eigenvalue weighted by Crippen LogP contribution is 2.39. The van der Waals surface area contributed by atoms with Gasteiger partial charge in [-0.2, -0.15) is 0 Å². The molecule has 0 radical (unpaired) electrons. The summed E-state index contributed by atoms with van der Waals surface area (Å²) >= 11 is 0. The summed E-state index contributed by atoms with van der Waals surface area (Å²) in [7, 11) is 0. The van der Waals surface area contributed by atoms with Crippen molar-refractivity contribution < 1.29 is 13.6 Å². The second kappa shape index (κ2) is 5.72. The Balaban J connectivity index is 1.78. The molecule has 1 aliphatic rings. The molecule has 3 rings (SSSR count). The van der Waals surface area contributed by atoms with Gasteiger partial charge in [0.15, 0.2) is 0 Å². The molecule has 1 heterocycles. The van der Waals surface area contributed by atoms with E-state index in [0.29, 0.717) is 16.7 Å². The Hall–Kier alpha value is -2.30. The second-order valence-electron chi connectivity index (χ2n) is 6.86. The maximum absolute atomic E-state index is 13.3. The molecule has 1 aliphatic carbocycles. The number of carbonyl (C=O) groups is 1. The zero-order chi connectivity index (χ0) is 16.6. The van der Waals surface area contributed by atoms with E-state index in [9.17, 15) is 13.6 Å². The topological polar surface area (TPSA) is 42.0 Å². The highest BCUT2D eigenvalue weighted by molar-refractivity contribution is 5.95. The molecule has 23 heavy (non-hydrogen) atoms. The molecule has 1 aromatic heterocycles. The van der Waals surface area contributed by atoms with Crippen LogP contribution < -0.4 is 5.32 Å². The first-order chi connectivity index (χ1) is 10.8. The molecule has 0 atom stereocenters. The molecule has 3 nitrogen and oxygen atoms in total. The van der Waals surface area contributed by atoms with Crippen molar-refractivity contribution in [2.24, 2.45) is 5.41 Å². The zero-order valence-electron chi connectivity index (χ0n) is 13.1. The Morgan fingerprint density at radius 1 is 1.09 bits per heavy atom. The molecule has 0 unspecified atom stereocenters. The van der Waals surface area contributed by atoms with Crippen molar-refractivity contribution in [1.82, 2.24) is 10.3 Å². The van der Waals surface area contributed by atoms with E-state index in [4.69, 9.17) is 0 Å². The Kier molecular flexibility index (Phi) is 3.88. The normalized spacial score (nSPS) is 16.7. The highest BCUT2D eigenvalue weighted by Gasteiger charge is 2.36. The average molecular weight is 316 g/mol. The molecule has 1 aromatic carbocycles. The number of amides is 1. The van der Waals surface area contributed by atoms with Crippen molar-refractivity contribution in [2.45, 2.75) is 32.7 Å². The van der Waals surface area contributed by atoms with Crippen LogP contribution in [-0.4, -0.2) is 16.9 Å². The molecule has 0 aliphatic heterocycles. The third kappa shape index (κ3) is 3.55. The van der Waals surface area contributed by atoms with E-state index in [-0.39, 0.29) is 17.4 Å². The number of nitrogens with one attached hydrogen (secondary N) is 1. The van der Waals surface area contributed by atoms with Crippen LogP contribution in [0.15, 0.2) is 36.7 Å². The molecule has 1 fully saturated rings. The Morgan fingerprint density at radius 3 is 2.35 bits per heavy atom. The summed E-state index contributed by atoms with van der Waals surface area (Å²) in [5, 5.41) is 2.96. The lowest BCUT2D eigenvalue weighted by atomic mass is 9.68. The van der Waals surface area contributed by atoms with Gasteiger partial charge in [-0.25, -0.2) is 8.78 Å². The van der Waals surface area contributed by atoms with Crippen molar-refractivity contribution in [3.05, 3.63) is 53.9 Å². The summed E-state index contributed by atoms with van der Waals surface area (Å²) in [6.45, 7) is 4.33. The molecular weight excluding hydrogens is 298 g/mol. The quantitative estimate of drug-likeness (QED) is 0.932. The van der Waals surface area contributed by atoms with E-state index in [2.05, 4.69) is 24.1 Å². The van der Waals surface area contributed by atoms with E-state index < -0.39 is 11.6 Å². The first-order valence-electron chi connectivity index (χ1n) is 7.55. The van der Waals surface area contributed by atoms with Crippen LogP contribution in [0.3, 0.4) is 0 Å². The van der Waals surface area contributed by atoms with Crippen molar-refractivity contribution in [2.75, 3.05) is 0 Å². The number of hydrogen-bond acceptors (Lipinski definition) is 2. The third-order valence-electron chi connectivity index (χ3n) is 4.13. The number of halogens is 2. The van der Waals surface area contributed by atoms with Crippen LogP contribution in [0.5, 0.6) is 0 Å². The molecule has 0 saturated heterocycles. The van der Waals surface area contributed by atoms with Gasteiger partial charge in [-0.15, -0.1) is 0 Å². The zero-order valence-corrected chi connectivity index (χ0v) is 13.1. The van der Waals surface area contributed by atoms with Crippen LogP contribution in [0.25, 0.3) is 11.1 Å². The van der Waals surface area contributed by atoms with Gasteiger partial charge < -0.3 is 5.32 Å². The van der Waals surface area contributed by atoms with Crippen LogP contribution in [-0.2, 0) is 0 Å². The van der Waals surface area contributed by atoms with Gasteiger partial charge in [0, 0.05) is 30.1 Å². The van der Waals surface area contributed by atoms with Gasteiger partial charge in [0.1, 0.15) is 11.6 Å². The SMILES string of the molecule is CC1(C)CC(NC(=O)c2cncc(-c3cc(F)cc(F)c3)c2)C1. The van der Waals surface area contributed by atoms with Gasteiger partial charge in [-0.1, -0.05) is 13.8 Å². The second-order valence-corrected chi connectivity index (χ2v) is 6.86. The smallest absolute Gasteiger partial charge is 0.253 e. The third-order valence-corrected chi connectivity index (χ3v) is 4.13. The summed E-state index contributed by atoms with van der Waals surface area (Å²) in [6.07, 6.45) is 4.83. The molecule has 1 saturated carbocycles. The number of rotatable bonds is 3. The lowest BCUT2D eigenvalue weighted by molar-refractivity contribution is 0.0802. The minimum atomic E-state index is -0.661. The molecule has 2 aromatic rings. The van der Waals surface area contributed by atoms with E-state index in [1.807, 2.05) is 0 Å². The van der Waals surface area contributed by atoms with Gasteiger partial charge in [-0.05, 0) is 42.0 Å². The van der Waals surface area contributed by atoms with Crippen LogP contribution in [0.4, 0.5) is 8.78 Å². The Labute approximate surface area is 133 Å². The molecule has 1 amide bonds. The molecule has 1 N–H and O–H groups in total. The standard InChI is InChI=1S/C18H18F2N2O/c1-18(2)7-16(8-18)22-17(23)13-3-12(9-21-10-13)11-4-14(19)6-15(20)5-11/h3-6,9-10,16H,7-8H2,1-2H3,(H,22,23). The van der Waals surface area contributed by atoms with Gasteiger partial charge in [0.25, 0.3) is 5.91 Å². The van der Waals surface area contributed by atoms with Crippen LogP contribution in [0, 0.1) is 17.0 Å². The Morgan fingerprint density at radius 2 is 1.74 bits per heavy atom. The van der Waals surface area contributed by atoms with Gasteiger partial charge in [0.05, 0.1) is 5.56 Å². The maximum atomic E-state index is 13.3. The van der Waals surface area contributed by atoms with Crippen LogP contribution in [0.2, 0.25) is 0 Å². The van der Waals surface area contributed by atoms with Crippen molar-refractivity contribution in [3.63, 3.8) is 0 Å². The van der Waals surface area contributed by atoms with Crippen LogP contribution in [0.1, 0.15) is 37.0 Å². The molecule has 120 valence electrons. The summed E-state index contributed by atoms with van der Waals surface area (Å²) in [5.41, 5.74) is 1.52. The molecule has 0 spiro atoms. The average Bonchev–Trinajstić information content (AvgIpc) is 2.44. The summed E-state index contributed by atoms with van der Waals surface area (Å²) in [5.74, 6) is -1.53. The number of hydrogen-bond donors (Lipinski definition) is 1. The predicted octanol–water partition coefficient (Wildman–Crippen LogP) is 3.95. The summed E-state index contributed by atoms with van der Waals surface area (Å²) < 4.78 is 26.7. The first kappa shape index (κ1) is 15.6. The molecule has 0 bridgehead atoms. The number of carbonyl (C=O) groups excluding carboxylic acids is 1. The lowest BCUT2D eigenvalue weighted by Gasteiger charge is -2.42. The first-order valence-corrected chi connectivity index (χ1v) is 7.55. The van der Waals surface area contributed by atoms with Crippen molar-refractivity contribution in [3.8, 4) is 11.1 Å². The van der Waals surface area contributed by atoms with Gasteiger partial charge in [0.2, 0.25) is 0 Å². The van der Waals surface area contributed by atoms with Gasteiger partial charge in [-0.3, -0.25) is 9.78 Å².